The van der Waals surface area contributed by atoms with E-state index in [-0.39, 0.29) is 4.90 Å². The Balaban J connectivity index is 2.32. The molecule has 0 heterocycles. The maximum Gasteiger partial charge on any atom is 0.261 e. The monoisotopic (exact) mass is 374 g/mol. The fourth-order valence-electron chi connectivity index (χ4n) is 1.58. The number of nitrogens with one attached hydrogen (secondary N) is 2. The zero-order chi connectivity index (χ0) is 14.8. The van der Waals surface area contributed by atoms with Gasteiger partial charge in [0, 0.05) is 17.2 Å². The second kappa shape index (κ2) is 6.03. The van der Waals surface area contributed by atoms with Crippen LogP contribution in [0.3, 0.4) is 0 Å². The minimum Gasteiger partial charge on any atom is -0.388 e. The van der Waals surface area contributed by atoms with Gasteiger partial charge in [-0.1, -0.05) is 27.5 Å². The molecule has 2 aromatic carbocycles. The van der Waals surface area contributed by atoms with Gasteiger partial charge in [0.25, 0.3) is 10.0 Å². The summed E-state index contributed by atoms with van der Waals surface area (Å²) >= 11 is 9.26. The summed E-state index contributed by atoms with van der Waals surface area (Å²) in [5.41, 5.74) is 1.17. The number of hydrogen-bond acceptors (Lipinski definition) is 3. The molecule has 2 N–H and O–H groups in total. The van der Waals surface area contributed by atoms with E-state index in [4.69, 9.17) is 11.6 Å². The van der Waals surface area contributed by atoms with Gasteiger partial charge in [0.2, 0.25) is 0 Å². The van der Waals surface area contributed by atoms with Crippen LogP contribution in [-0.4, -0.2) is 15.5 Å². The fraction of sp³-hybridized carbons (Fsp3) is 0.0769. The van der Waals surface area contributed by atoms with Crippen LogP contribution in [0.5, 0.6) is 0 Å². The molecule has 0 spiro atoms. The first-order chi connectivity index (χ1) is 9.42. The van der Waals surface area contributed by atoms with Crippen molar-refractivity contribution in [1.29, 1.82) is 0 Å². The molecule has 106 valence electrons. The van der Waals surface area contributed by atoms with Gasteiger partial charge >= 0.3 is 0 Å². The van der Waals surface area contributed by atoms with Crippen molar-refractivity contribution in [2.24, 2.45) is 0 Å². The lowest BCUT2D eigenvalue weighted by molar-refractivity contribution is 0.601. The van der Waals surface area contributed by atoms with E-state index in [1.165, 1.54) is 12.1 Å². The first kappa shape index (κ1) is 15.2. The molecular weight excluding hydrogens is 364 g/mol. The van der Waals surface area contributed by atoms with E-state index in [1.807, 2.05) is 0 Å². The van der Waals surface area contributed by atoms with Crippen molar-refractivity contribution < 1.29 is 8.42 Å². The average molecular weight is 376 g/mol. The standard InChI is InChI=1S/C13H12BrClN2O2S/c1-16-10-3-5-11(6-4-10)20(18,19)17-13-8-9(14)2-7-12(13)15/h2-8,16-17H,1H3. The van der Waals surface area contributed by atoms with E-state index in [2.05, 4.69) is 26.0 Å². The molecule has 2 aromatic rings. The van der Waals surface area contributed by atoms with Gasteiger partial charge in [-0.3, -0.25) is 4.72 Å². The molecule has 0 radical (unpaired) electrons. The lowest BCUT2D eigenvalue weighted by Crippen LogP contribution is -2.13. The predicted octanol–water partition coefficient (Wildman–Crippen LogP) is 3.95. The van der Waals surface area contributed by atoms with Crippen LogP contribution >= 0.6 is 27.5 Å². The van der Waals surface area contributed by atoms with E-state index < -0.39 is 10.0 Å². The van der Waals surface area contributed by atoms with Gasteiger partial charge < -0.3 is 5.32 Å². The van der Waals surface area contributed by atoms with Crippen molar-refractivity contribution in [3.05, 3.63) is 52.0 Å². The van der Waals surface area contributed by atoms with E-state index in [9.17, 15) is 8.42 Å². The molecule has 20 heavy (non-hydrogen) atoms. The van der Waals surface area contributed by atoms with E-state index in [1.54, 1.807) is 37.4 Å². The minimum atomic E-state index is -3.66. The summed E-state index contributed by atoms with van der Waals surface area (Å²) in [6.45, 7) is 0. The number of halogens is 2. The third-order valence-electron chi connectivity index (χ3n) is 2.63. The molecule has 0 bridgehead atoms. The Kier molecular flexibility index (Phi) is 4.57. The molecule has 0 saturated heterocycles. The summed E-state index contributed by atoms with van der Waals surface area (Å²) in [4.78, 5) is 0.174. The fourth-order valence-corrected chi connectivity index (χ4v) is 3.23. The third kappa shape index (κ3) is 3.45. The quantitative estimate of drug-likeness (QED) is 0.851. The highest BCUT2D eigenvalue weighted by molar-refractivity contribution is 9.10. The first-order valence-electron chi connectivity index (χ1n) is 5.68. The molecule has 0 fully saturated rings. The van der Waals surface area contributed by atoms with Crippen LogP contribution < -0.4 is 10.0 Å². The van der Waals surface area contributed by atoms with Crippen LogP contribution in [0.1, 0.15) is 0 Å². The predicted molar refractivity (Wildman–Crippen MR) is 85.9 cm³/mol. The maximum absolute atomic E-state index is 12.3. The molecule has 2 rings (SSSR count). The summed E-state index contributed by atoms with van der Waals surface area (Å²) in [7, 11) is -1.89. The summed E-state index contributed by atoms with van der Waals surface area (Å²) in [6, 6.07) is 11.4. The highest BCUT2D eigenvalue weighted by Crippen LogP contribution is 2.28. The largest absolute Gasteiger partial charge is 0.388 e. The molecular formula is C13H12BrClN2O2S. The highest BCUT2D eigenvalue weighted by atomic mass is 79.9. The Morgan fingerprint density at radius 1 is 1.10 bits per heavy atom. The Hall–Kier alpha value is -1.24. The molecule has 4 nitrogen and oxygen atoms in total. The van der Waals surface area contributed by atoms with Gasteiger partial charge in [-0.2, -0.15) is 0 Å². The number of benzene rings is 2. The van der Waals surface area contributed by atoms with Crippen LogP contribution in [0, 0.1) is 0 Å². The molecule has 7 heteroatoms. The summed E-state index contributed by atoms with van der Waals surface area (Å²) in [5.74, 6) is 0. The van der Waals surface area contributed by atoms with Crippen LogP contribution in [0.2, 0.25) is 5.02 Å². The minimum absolute atomic E-state index is 0.174. The van der Waals surface area contributed by atoms with Crippen molar-refractivity contribution in [2.45, 2.75) is 4.90 Å². The summed E-state index contributed by atoms with van der Waals surface area (Å²) < 4.78 is 27.7. The van der Waals surface area contributed by atoms with Crippen molar-refractivity contribution >= 4 is 48.9 Å². The Morgan fingerprint density at radius 3 is 2.35 bits per heavy atom. The molecule has 0 aliphatic rings. The van der Waals surface area contributed by atoms with Gasteiger partial charge in [-0.25, -0.2) is 8.42 Å². The number of rotatable bonds is 4. The number of hydrogen-bond donors (Lipinski definition) is 2. The van der Waals surface area contributed by atoms with Crippen molar-refractivity contribution in [2.75, 3.05) is 17.1 Å². The van der Waals surface area contributed by atoms with E-state index in [0.29, 0.717) is 10.7 Å². The second-order valence-electron chi connectivity index (χ2n) is 4.00. The first-order valence-corrected chi connectivity index (χ1v) is 8.33. The molecule has 0 amide bonds. The summed E-state index contributed by atoms with van der Waals surface area (Å²) in [6.07, 6.45) is 0. The Labute approximate surface area is 131 Å². The molecule has 0 aromatic heterocycles. The molecule has 0 aliphatic carbocycles. The highest BCUT2D eigenvalue weighted by Gasteiger charge is 2.15. The molecule has 0 unspecified atom stereocenters. The SMILES string of the molecule is CNc1ccc(S(=O)(=O)Nc2cc(Br)ccc2Cl)cc1. The maximum atomic E-state index is 12.3. The van der Waals surface area contributed by atoms with Crippen molar-refractivity contribution in [1.82, 2.24) is 0 Å². The van der Waals surface area contributed by atoms with Gasteiger partial charge in [-0.15, -0.1) is 0 Å². The zero-order valence-electron chi connectivity index (χ0n) is 10.5. The van der Waals surface area contributed by atoms with Crippen LogP contribution in [0.25, 0.3) is 0 Å². The topological polar surface area (TPSA) is 58.2 Å². The normalized spacial score (nSPS) is 11.2. The smallest absolute Gasteiger partial charge is 0.261 e. The van der Waals surface area contributed by atoms with Crippen LogP contribution in [-0.2, 0) is 10.0 Å². The van der Waals surface area contributed by atoms with E-state index >= 15 is 0 Å². The molecule has 0 saturated carbocycles. The van der Waals surface area contributed by atoms with Crippen LogP contribution in [0.15, 0.2) is 51.8 Å². The summed E-state index contributed by atoms with van der Waals surface area (Å²) in [5, 5.41) is 3.27. The lowest BCUT2D eigenvalue weighted by Gasteiger charge is -2.10. The van der Waals surface area contributed by atoms with Crippen LogP contribution in [0.4, 0.5) is 11.4 Å². The number of sulfonamides is 1. The van der Waals surface area contributed by atoms with Gasteiger partial charge in [0.05, 0.1) is 15.6 Å². The lowest BCUT2D eigenvalue weighted by atomic mass is 10.3. The van der Waals surface area contributed by atoms with E-state index in [0.717, 1.165) is 10.2 Å². The average Bonchev–Trinajstić information content (AvgIpc) is 2.43. The van der Waals surface area contributed by atoms with Crippen molar-refractivity contribution in [3.63, 3.8) is 0 Å². The molecule has 0 atom stereocenters. The van der Waals surface area contributed by atoms with Crippen molar-refractivity contribution in [3.8, 4) is 0 Å². The Morgan fingerprint density at radius 2 is 1.75 bits per heavy atom. The number of anilines is 2. The van der Waals surface area contributed by atoms with Gasteiger partial charge in [-0.05, 0) is 42.5 Å². The molecule has 0 aliphatic heterocycles. The van der Waals surface area contributed by atoms with Gasteiger partial charge in [0.15, 0.2) is 0 Å². The second-order valence-corrected chi connectivity index (χ2v) is 7.01. The Bertz CT molecular complexity index is 718. The third-order valence-corrected chi connectivity index (χ3v) is 4.83. The zero-order valence-corrected chi connectivity index (χ0v) is 13.7. The van der Waals surface area contributed by atoms with Gasteiger partial charge in [0.1, 0.15) is 0 Å².